The summed E-state index contributed by atoms with van der Waals surface area (Å²) >= 11 is 0. The molecule has 2 aliphatic heterocycles. The molecule has 13 nitrogen and oxygen atoms in total. The number of carbonyl (C=O) groups excluding carboxylic acids is 3. The average molecular weight is 487 g/mol. The summed E-state index contributed by atoms with van der Waals surface area (Å²) < 4.78 is 0. The summed E-state index contributed by atoms with van der Waals surface area (Å²) in [7, 11) is 0. The maximum atomic E-state index is 13.5. The monoisotopic (exact) mass is 486 g/mol. The fourth-order valence-corrected chi connectivity index (χ4v) is 4.80. The van der Waals surface area contributed by atoms with Crippen LogP contribution in [0.5, 0.6) is 0 Å². The van der Waals surface area contributed by atoms with Gasteiger partial charge in [0, 0.05) is 49.7 Å². The first-order valence-corrected chi connectivity index (χ1v) is 11.7. The summed E-state index contributed by atoms with van der Waals surface area (Å²) in [5.74, 6) is -2.32. The van der Waals surface area contributed by atoms with Crippen molar-refractivity contribution in [3.8, 4) is 0 Å². The van der Waals surface area contributed by atoms with E-state index in [-0.39, 0.29) is 24.7 Å². The number of aromatic amines is 2. The van der Waals surface area contributed by atoms with Crippen molar-refractivity contribution in [3.63, 3.8) is 0 Å². The van der Waals surface area contributed by atoms with E-state index in [1.54, 1.807) is 6.20 Å². The summed E-state index contributed by atoms with van der Waals surface area (Å²) in [6.45, 7) is 0.788. The number of nitrogens with two attached hydrogens (primary N) is 1. The van der Waals surface area contributed by atoms with E-state index in [4.69, 9.17) is 5.73 Å². The zero-order chi connectivity index (χ0) is 24.9. The highest BCUT2D eigenvalue weighted by molar-refractivity contribution is 5.95. The highest BCUT2D eigenvalue weighted by Crippen LogP contribution is 2.26. The molecular formula is C22H30N8O5. The number of H-pyrrole nitrogens is 2. The number of nitrogens with zero attached hydrogens (tertiary/aromatic N) is 4. The van der Waals surface area contributed by atoms with E-state index in [9.17, 15) is 24.3 Å². The van der Waals surface area contributed by atoms with Gasteiger partial charge in [0.25, 0.3) is 0 Å². The molecule has 2 aromatic rings. The van der Waals surface area contributed by atoms with Crippen LogP contribution in [0.3, 0.4) is 0 Å². The highest BCUT2D eigenvalue weighted by Gasteiger charge is 2.43. The van der Waals surface area contributed by atoms with Crippen LogP contribution in [0.2, 0.25) is 0 Å². The molecule has 2 aliphatic rings. The van der Waals surface area contributed by atoms with Gasteiger partial charge in [-0.15, -0.1) is 0 Å². The molecule has 0 aromatic carbocycles. The zero-order valence-electron chi connectivity index (χ0n) is 19.2. The Labute approximate surface area is 201 Å². The third-order valence-electron chi connectivity index (χ3n) is 6.56. The molecular weight excluding hydrogens is 456 g/mol. The van der Waals surface area contributed by atoms with Crippen LogP contribution in [-0.4, -0.2) is 95.8 Å². The number of rotatable bonds is 9. The van der Waals surface area contributed by atoms with Crippen molar-refractivity contribution in [1.82, 2.24) is 35.1 Å². The van der Waals surface area contributed by atoms with Crippen molar-refractivity contribution in [2.24, 2.45) is 5.73 Å². The summed E-state index contributed by atoms with van der Waals surface area (Å²) in [6, 6.07) is -3.46. The number of amides is 3. The first-order chi connectivity index (χ1) is 16.8. The molecule has 2 saturated heterocycles. The fraction of sp³-hybridized carbons (Fsp3) is 0.545. The molecule has 0 spiro atoms. The SMILES string of the molecule is NC(Cc1cnc[nH]1)C(=O)N1CCCC1C(=O)N1CCCC1C(=O)NC(Cc1cnc[nH]1)C(=O)O. The Morgan fingerprint density at radius 3 is 2.20 bits per heavy atom. The van der Waals surface area contributed by atoms with Gasteiger partial charge in [0.05, 0.1) is 18.7 Å². The maximum absolute atomic E-state index is 13.5. The number of hydrogen-bond acceptors (Lipinski definition) is 7. The van der Waals surface area contributed by atoms with Gasteiger partial charge in [0.1, 0.15) is 18.1 Å². The van der Waals surface area contributed by atoms with Gasteiger partial charge in [-0.1, -0.05) is 0 Å². The number of hydrogen-bond donors (Lipinski definition) is 5. The van der Waals surface area contributed by atoms with Crippen LogP contribution in [0.4, 0.5) is 0 Å². The molecule has 0 bridgehead atoms. The number of carboxylic acid groups (broad SMARTS) is 1. The molecule has 4 rings (SSSR count). The minimum atomic E-state index is -1.18. The Hall–Kier alpha value is -3.74. The lowest BCUT2D eigenvalue weighted by molar-refractivity contribution is -0.148. The van der Waals surface area contributed by atoms with E-state index >= 15 is 0 Å². The van der Waals surface area contributed by atoms with Crippen LogP contribution in [0.1, 0.15) is 37.1 Å². The molecule has 0 aliphatic carbocycles. The van der Waals surface area contributed by atoms with Gasteiger partial charge in [-0.25, -0.2) is 14.8 Å². The number of likely N-dealkylation sites (tertiary alicyclic amines) is 2. The quantitative estimate of drug-likeness (QED) is 0.292. The van der Waals surface area contributed by atoms with Gasteiger partial charge >= 0.3 is 5.97 Å². The number of aromatic nitrogens is 4. The van der Waals surface area contributed by atoms with Crippen molar-refractivity contribution >= 4 is 23.7 Å². The van der Waals surface area contributed by atoms with Gasteiger partial charge in [0.2, 0.25) is 17.7 Å². The molecule has 0 radical (unpaired) electrons. The summed E-state index contributed by atoms with van der Waals surface area (Å²) in [6.07, 6.45) is 8.55. The second kappa shape index (κ2) is 10.7. The zero-order valence-corrected chi connectivity index (χ0v) is 19.2. The van der Waals surface area contributed by atoms with Crippen molar-refractivity contribution in [1.29, 1.82) is 0 Å². The van der Waals surface area contributed by atoms with Gasteiger partial charge in [-0.3, -0.25) is 14.4 Å². The molecule has 13 heteroatoms. The number of carboxylic acids is 1. The van der Waals surface area contributed by atoms with Gasteiger partial charge in [-0.2, -0.15) is 0 Å². The van der Waals surface area contributed by atoms with E-state index in [0.29, 0.717) is 44.5 Å². The lowest BCUT2D eigenvalue weighted by atomic mass is 10.1. The molecule has 4 unspecified atom stereocenters. The van der Waals surface area contributed by atoms with E-state index in [1.165, 1.54) is 28.7 Å². The molecule has 4 atom stereocenters. The van der Waals surface area contributed by atoms with Crippen LogP contribution in [0.15, 0.2) is 25.0 Å². The predicted octanol–water partition coefficient (Wildman–Crippen LogP) is -1.20. The lowest BCUT2D eigenvalue weighted by Crippen LogP contribution is -2.56. The molecule has 2 aromatic heterocycles. The topological polar surface area (TPSA) is 190 Å². The minimum absolute atomic E-state index is 0.0425. The van der Waals surface area contributed by atoms with Crippen LogP contribution in [-0.2, 0) is 32.0 Å². The molecule has 0 saturated carbocycles. The molecule has 3 amide bonds. The van der Waals surface area contributed by atoms with E-state index in [0.717, 1.165) is 5.69 Å². The minimum Gasteiger partial charge on any atom is -0.480 e. The third kappa shape index (κ3) is 5.50. The Morgan fingerprint density at radius 2 is 1.60 bits per heavy atom. The van der Waals surface area contributed by atoms with Crippen molar-refractivity contribution in [2.75, 3.05) is 13.1 Å². The normalized spacial score (nSPS) is 21.6. The van der Waals surface area contributed by atoms with Gasteiger partial charge < -0.3 is 35.9 Å². The average Bonchev–Trinajstić information content (AvgIpc) is 3.64. The van der Waals surface area contributed by atoms with Crippen LogP contribution < -0.4 is 11.1 Å². The van der Waals surface area contributed by atoms with E-state index in [1.807, 2.05) is 0 Å². The summed E-state index contributed by atoms with van der Waals surface area (Å²) in [5.41, 5.74) is 7.43. The smallest absolute Gasteiger partial charge is 0.326 e. The lowest BCUT2D eigenvalue weighted by Gasteiger charge is -2.32. The Morgan fingerprint density at radius 1 is 1.00 bits per heavy atom. The molecule has 35 heavy (non-hydrogen) atoms. The largest absolute Gasteiger partial charge is 0.480 e. The van der Waals surface area contributed by atoms with Crippen molar-refractivity contribution in [2.45, 2.75) is 62.7 Å². The Bertz CT molecular complexity index is 1040. The number of nitrogens with one attached hydrogen (secondary N) is 3. The van der Waals surface area contributed by atoms with Crippen LogP contribution in [0.25, 0.3) is 0 Å². The maximum Gasteiger partial charge on any atom is 0.326 e. The van der Waals surface area contributed by atoms with E-state index in [2.05, 4.69) is 25.3 Å². The second-order valence-corrected chi connectivity index (χ2v) is 8.95. The summed E-state index contributed by atoms with van der Waals surface area (Å²) in [4.78, 5) is 67.7. The Kier molecular flexibility index (Phi) is 7.44. The third-order valence-corrected chi connectivity index (χ3v) is 6.56. The highest BCUT2D eigenvalue weighted by atomic mass is 16.4. The fourth-order valence-electron chi connectivity index (χ4n) is 4.80. The number of carbonyl (C=O) groups is 4. The second-order valence-electron chi connectivity index (χ2n) is 8.95. The van der Waals surface area contributed by atoms with Crippen molar-refractivity contribution < 1.29 is 24.3 Å². The van der Waals surface area contributed by atoms with Gasteiger partial charge in [0.15, 0.2) is 0 Å². The predicted molar refractivity (Wildman–Crippen MR) is 122 cm³/mol. The number of imidazole rings is 2. The molecule has 4 heterocycles. The molecule has 188 valence electrons. The number of aliphatic carboxylic acids is 1. The standard InChI is InChI=1S/C22H30N8O5/c23-15(7-13-9-24-11-26-13)20(32)30-6-2-4-18(30)21(33)29-5-1-3-17(29)19(31)28-16(22(34)35)8-14-10-25-12-27-14/h9-12,15-18H,1-8,23H2,(H,24,26)(H,25,27)(H,28,31)(H,34,35). The van der Waals surface area contributed by atoms with Crippen LogP contribution >= 0.6 is 0 Å². The van der Waals surface area contributed by atoms with Gasteiger partial charge in [-0.05, 0) is 25.7 Å². The first kappa shape index (κ1) is 24.4. The Balaban J connectivity index is 1.40. The molecule has 6 N–H and O–H groups in total. The first-order valence-electron chi connectivity index (χ1n) is 11.7. The van der Waals surface area contributed by atoms with E-state index < -0.39 is 36.0 Å². The summed E-state index contributed by atoms with van der Waals surface area (Å²) in [5, 5.41) is 12.1. The molecule has 2 fully saturated rings. The van der Waals surface area contributed by atoms with Crippen LogP contribution in [0, 0.1) is 0 Å². The van der Waals surface area contributed by atoms with Crippen molar-refractivity contribution in [3.05, 3.63) is 36.4 Å².